The summed E-state index contributed by atoms with van der Waals surface area (Å²) >= 11 is 3.29. The fourth-order valence-electron chi connectivity index (χ4n) is 1.04. The van der Waals surface area contributed by atoms with Crippen molar-refractivity contribution in [2.75, 3.05) is 6.54 Å². The predicted molar refractivity (Wildman–Crippen MR) is 60.5 cm³/mol. The van der Waals surface area contributed by atoms with Gasteiger partial charge in [-0.2, -0.15) is 0 Å². The number of amides is 1. The molecule has 0 aliphatic rings. The molecule has 82 valence electrons. The van der Waals surface area contributed by atoms with Crippen molar-refractivity contribution in [3.63, 3.8) is 0 Å². The Morgan fingerprint density at radius 2 is 2.20 bits per heavy atom. The van der Waals surface area contributed by atoms with Crippen LogP contribution in [0.4, 0.5) is 0 Å². The molecule has 0 radical (unpaired) electrons. The third-order valence-corrected chi connectivity index (χ3v) is 2.09. The molecule has 15 heavy (non-hydrogen) atoms. The van der Waals surface area contributed by atoms with E-state index >= 15 is 0 Å². The number of rotatable bonds is 3. The summed E-state index contributed by atoms with van der Waals surface area (Å²) in [4.78, 5) is 11.7. The van der Waals surface area contributed by atoms with Crippen molar-refractivity contribution in [2.45, 2.75) is 11.8 Å². The first-order valence-corrected chi connectivity index (χ1v) is 5.36. The summed E-state index contributed by atoms with van der Waals surface area (Å²) in [7, 11) is 0. The fourth-order valence-corrected chi connectivity index (χ4v) is 1.20. The van der Waals surface area contributed by atoms with Gasteiger partial charge in [-0.15, -0.1) is 0 Å². The molecule has 1 atom stereocenters. The van der Waals surface area contributed by atoms with Crippen molar-refractivity contribution in [3.05, 3.63) is 23.8 Å². The van der Waals surface area contributed by atoms with Gasteiger partial charge in [0.15, 0.2) is 0 Å². The largest absolute Gasteiger partial charge is 0.508 e. The Morgan fingerprint density at radius 1 is 1.53 bits per heavy atom. The van der Waals surface area contributed by atoms with Crippen LogP contribution in [0.3, 0.4) is 0 Å². The fraction of sp³-hybridized carbons (Fsp3) is 0.300. The van der Waals surface area contributed by atoms with E-state index in [0.717, 1.165) is 6.07 Å². The minimum atomic E-state index is -0.362. The molecule has 0 heterocycles. The van der Waals surface area contributed by atoms with Crippen LogP contribution in [0.2, 0.25) is 0 Å². The zero-order valence-electron chi connectivity index (χ0n) is 8.20. The van der Waals surface area contributed by atoms with Gasteiger partial charge in [0.1, 0.15) is 11.5 Å². The quantitative estimate of drug-likeness (QED) is 0.733. The summed E-state index contributed by atoms with van der Waals surface area (Å²) in [5.41, 5.74) is 0.154. The van der Waals surface area contributed by atoms with Crippen LogP contribution in [0.1, 0.15) is 17.3 Å². The summed E-state index contributed by atoms with van der Waals surface area (Å²) in [6.07, 6.45) is 0. The first-order chi connectivity index (χ1) is 7.00. The summed E-state index contributed by atoms with van der Waals surface area (Å²) in [5, 5.41) is 21.1. The average molecular weight is 274 g/mol. The number of carbonyl (C=O) groups excluding carboxylic acids is 1. The second-order valence-electron chi connectivity index (χ2n) is 3.19. The summed E-state index contributed by atoms with van der Waals surface area (Å²) < 4.78 is 0. The van der Waals surface area contributed by atoms with Gasteiger partial charge in [0.05, 0.1) is 5.56 Å². The average Bonchev–Trinajstić information content (AvgIpc) is 2.14. The van der Waals surface area contributed by atoms with Gasteiger partial charge in [-0.05, 0) is 12.1 Å². The van der Waals surface area contributed by atoms with Gasteiger partial charge in [0, 0.05) is 17.4 Å². The van der Waals surface area contributed by atoms with E-state index in [4.69, 9.17) is 5.11 Å². The van der Waals surface area contributed by atoms with Gasteiger partial charge in [0.2, 0.25) is 0 Å². The normalized spacial score (nSPS) is 12.1. The first kappa shape index (κ1) is 11.8. The van der Waals surface area contributed by atoms with Crippen LogP contribution in [0.25, 0.3) is 0 Å². The molecule has 4 nitrogen and oxygen atoms in total. The summed E-state index contributed by atoms with van der Waals surface area (Å²) in [5.74, 6) is -0.661. The maximum atomic E-state index is 11.5. The van der Waals surface area contributed by atoms with Gasteiger partial charge in [-0.3, -0.25) is 4.79 Å². The molecule has 5 heteroatoms. The van der Waals surface area contributed by atoms with E-state index in [1.54, 1.807) is 0 Å². The Kier molecular flexibility index (Phi) is 3.96. The lowest BCUT2D eigenvalue weighted by atomic mass is 10.2. The lowest BCUT2D eigenvalue weighted by Crippen LogP contribution is -2.28. The second kappa shape index (κ2) is 5.02. The highest BCUT2D eigenvalue weighted by atomic mass is 79.9. The molecule has 0 fully saturated rings. The molecular weight excluding hydrogens is 262 g/mol. The molecule has 3 N–H and O–H groups in total. The smallest absolute Gasteiger partial charge is 0.255 e. The first-order valence-electron chi connectivity index (χ1n) is 4.45. The highest BCUT2D eigenvalue weighted by molar-refractivity contribution is 9.09. The van der Waals surface area contributed by atoms with E-state index in [9.17, 15) is 9.90 Å². The van der Waals surface area contributed by atoms with Crippen LogP contribution < -0.4 is 5.32 Å². The molecule has 0 saturated heterocycles. The van der Waals surface area contributed by atoms with E-state index < -0.39 is 0 Å². The lowest BCUT2D eigenvalue weighted by Gasteiger charge is -2.08. The summed E-state index contributed by atoms with van der Waals surface area (Å²) in [6.45, 7) is 2.37. The molecule has 0 aliphatic carbocycles. The number of hydrogen-bond donors (Lipinski definition) is 3. The van der Waals surface area contributed by atoms with Crippen molar-refractivity contribution in [3.8, 4) is 11.5 Å². The number of halogens is 1. The van der Waals surface area contributed by atoms with Crippen LogP contribution in [0.15, 0.2) is 18.2 Å². The van der Waals surface area contributed by atoms with Crippen LogP contribution in [-0.4, -0.2) is 27.5 Å². The Bertz CT molecular complexity index is 366. The Hall–Kier alpha value is -1.23. The number of carbonyl (C=O) groups is 1. The Balaban J connectivity index is 2.74. The maximum absolute atomic E-state index is 11.5. The molecular formula is C10H12BrNO3. The van der Waals surface area contributed by atoms with Gasteiger partial charge < -0.3 is 15.5 Å². The van der Waals surface area contributed by atoms with E-state index in [1.807, 2.05) is 6.92 Å². The number of phenolic OH excluding ortho intramolecular Hbond substituents is 2. The molecule has 0 aromatic heterocycles. The molecule has 0 spiro atoms. The number of aromatic hydroxyl groups is 2. The van der Waals surface area contributed by atoms with Crippen molar-refractivity contribution >= 4 is 21.8 Å². The monoisotopic (exact) mass is 273 g/mol. The van der Waals surface area contributed by atoms with Crippen molar-refractivity contribution in [1.82, 2.24) is 5.32 Å². The van der Waals surface area contributed by atoms with Crippen LogP contribution in [-0.2, 0) is 0 Å². The van der Waals surface area contributed by atoms with Gasteiger partial charge >= 0.3 is 0 Å². The van der Waals surface area contributed by atoms with E-state index in [2.05, 4.69) is 21.2 Å². The zero-order chi connectivity index (χ0) is 11.4. The van der Waals surface area contributed by atoms with Crippen LogP contribution in [0, 0.1) is 0 Å². The van der Waals surface area contributed by atoms with E-state index in [-0.39, 0.29) is 27.8 Å². The van der Waals surface area contributed by atoms with Crippen LogP contribution >= 0.6 is 15.9 Å². The zero-order valence-corrected chi connectivity index (χ0v) is 9.78. The Morgan fingerprint density at radius 3 is 2.73 bits per heavy atom. The third kappa shape index (κ3) is 3.43. The van der Waals surface area contributed by atoms with Crippen molar-refractivity contribution in [1.29, 1.82) is 0 Å². The standard InChI is InChI=1S/C10H12BrNO3/c1-6(11)5-12-10(15)8-3-2-7(13)4-9(8)14/h2-4,6,13-14H,5H2,1H3,(H,12,15). The number of alkyl halides is 1. The van der Waals surface area contributed by atoms with Crippen molar-refractivity contribution < 1.29 is 15.0 Å². The molecule has 0 bridgehead atoms. The van der Waals surface area contributed by atoms with Crippen LogP contribution in [0.5, 0.6) is 11.5 Å². The molecule has 0 saturated carbocycles. The minimum Gasteiger partial charge on any atom is -0.508 e. The number of phenols is 2. The van der Waals surface area contributed by atoms with Crippen molar-refractivity contribution in [2.24, 2.45) is 0 Å². The Labute approximate surface area is 96.1 Å². The summed E-state index contributed by atoms with van der Waals surface area (Å²) in [6, 6.07) is 3.86. The minimum absolute atomic E-state index is 0.0714. The number of hydrogen-bond acceptors (Lipinski definition) is 3. The van der Waals surface area contributed by atoms with Gasteiger partial charge in [-0.25, -0.2) is 0 Å². The SMILES string of the molecule is CC(Br)CNC(=O)c1ccc(O)cc1O. The molecule has 1 aromatic rings. The maximum Gasteiger partial charge on any atom is 0.255 e. The molecule has 1 rings (SSSR count). The molecule has 0 aliphatic heterocycles. The highest BCUT2D eigenvalue weighted by Gasteiger charge is 2.11. The van der Waals surface area contributed by atoms with E-state index in [1.165, 1.54) is 12.1 Å². The van der Waals surface area contributed by atoms with Gasteiger partial charge in [-0.1, -0.05) is 22.9 Å². The second-order valence-corrected chi connectivity index (χ2v) is 4.76. The molecule has 1 unspecified atom stereocenters. The third-order valence-electron chi connectivity index (χ3n) is 1.77. The van der Waals surface area contributed by atoms with Gasteiger partial charge in [0.25, 0.3) is 5.91 Å². The predicted octanol–water partition coefficient (Wildman–Crippen LogP) is 1.61. The highest BCUT2D eigenvalue weighted by Crippen LogP contribution is 2.22. The number of benzene rings is 1. The topological polar surface area (TPSA) is 69.6 Å². The molecule has 1 amide bonds. The molecule has 1 aromatic carbocycles. The van der Waals surface area contributed by atoms with E-state index in [0.29, 0.717) is 6.54 Å². The lowest BCUT2D eigenvalue weighted by molar-refractivity contribution is 0.0951. The number of nitrogens with one attached hydrogen (secondary N) is 1.